The Hall–Kier alpha value is -1.65. The summed E-state index contributed by atoms with van der Waals surface area (Å²) in [5.74, 6) is 0.115. The molecule has 3 nitrogen and oxygen atoms in total. The Morgan fingerprint density at radius 3 is 2.95 bits per heavy atom. The number of hydrogen-bond donors (Lipinski definition) is 1. The summed E-state index contributed by atoms with van der Waals surface area (Å²) in [5.41, 5.74) is 0.865. The molecule has 0 radical (unpaired) electrons. The first-order chi connectivity index (χ1) is 9.22. The molecule has 0 saturated heterocycles. The fourth-order valence-electron chi connectivity index (χ4n) is 1.59. The van der Waals surface area contributed by atoms with Crippen molar-refractivity contribution in [2.75, 3.05) is 6.54 Å². The summed E-state index contributed by atoms with van der Waals surface area (Å²) in [6.45, 7) is 3.45. The number of ether oxygens (including phenoxy) is 1. The number of benzene rings is 1. The molecule has 0 saturated carbocycles. The molecular weight excluding hydrogens is 267 g/mol. The van der Waals surface area contributed by atoms with Crippen LogP contribution in [0.25, 0.3) is 0 Å². The van der Waals surface area contributed by atoms with Crippen LogP contribution < -0.4 is 10.1 Å². The second kappa shape index (κ2) is 6.50. The largest absolute Gasteiger partial charge is 0.454 e. The van der Waals surface area contributed by atoms with E-state index in [0.717, 1.165) is 12.1 Å². The van der Waals surface area contributed by atoms with Crippen molar-refractivity contribution in [3.8, 4) is 11.5 Å². The van der Waals surface area contributed by atoms with Crippen molar-refractivity contribution in [2.24, 2.45) is 0 Å². The Labute approximate surface area is 116 Å². The van der Waals surface area contributed by atoms with Gasteiger partial charge < -0.3 is 10.1 Å². The van der Waals surface area contributed by atoms with E-state index in [0.29, 0.717) is 12.3 Å². The second-order valence-electron chi connectivity index (χ2n) is 3.92. The van der Waals surface area contributed by atoms with Crippen LogP contribution in [0.4, 0.5) is 4.39 Å². The van der Waals surface area contributed by atoms with E-state index >= 15 is 0 Å². The van der Waals surface area contributed by atoms with E-state index < -0.39 is 5.82 Å². The van der Waals surface area contributed by atoms with Crippen LogP contribution >= 0.6 is 11.6 Å². The average molecular weight is 281 g/mol. The molecule has 2 rings (SSSR count). The van der Waals surface area contributed by atoms with E-state index in [9.17, 15) is 4.39 Å². The van der Waals surface area contributed by atoms with Gasteiger partial charge in [-0.15, -0.1) is 0 Å². The van der Waals surface area contributed by atoms with Crippen LogP contribution in [0.3, 0.4) is 0 Å². The number of aromatic nitrogens is 1. The molecule has 0 aliphatic rings. The third kappa shape index (κ3) is 3.43. The summed E-state index contributed by atoms with van der Waals surface area (Å²) in [7, 11) is 0. The van der Waals surface area contributed by atoms with E-state index in [1.165, 1.54) is 6.07 Å². The van der Waals surface area contributed by atoms with E-state index in [4.69, 9.17) is 16.3 Å². The minimum absolute atomic E-state index is 0.0415. The van der Waals surface area contributed by atoms with Crippen molar-refractivity contribution >= 4 is 11.6 Å². The molecule has 0 atom stereocenters. The van der Waals surface area contributed by atoms with Crippen LogP contribution in [0, 0.1) is 5.82 Å². The molecule has 100 valence electrons. The van der Waals surface area contributed by atoms with Crippen LogP contribution in [-0.4, -0.2) is 11.5 Å². The maximum atomic E-state index is 13.8. The summed E-state index contributed by atoms with van der Waals surface area (Å²) < 4.78 is 19.4. The lowest BCUT2D eigenvalue weighted by molar-refractivity contribution is 0.435. The minimum atomic E-state index is -0.560. The maximum Gasteiger partial charge on any atom is 0.184 e. The molecule has 1 N–H and O–H groups in total. The van der Waals surface area contributed by atoms with Gasteiger partial charge in [-0.25, -0.2) is 4.39 Å². The lowest BCUT2D eigenvalue weighted by Gasteiger charge is -2.11. The third-order valence-electron chi connectivity index (χ3n) is 2.56. The zero-order valence-electron chi connectivity index (χ0n) is 10.5. The Morgan fingerprint density at radius 1 is 1.32 bits per heavy atom. The van der Waals surface area contributed by atoms with Gasteiger partial charge >= 0.3 is 0 Å². The fraction of sp³-hybridized carbons (Fsp3) is 0.214. The number of pyridine rings is 1. The van der Waals surface area contributed by atoms with Crippen LogP contribution in [0.15, 0.2) is 36.7 Å². The number of nitrogens with zero attached hydrogens (tertiary/aromatic N) is 1. The zero-order chi connectivity index (χ0) is 13.7. The second-order valence-corrected chi connectivity index (χ2v) is 4.32. The molecule has 0 amide bonds. The van der Waals surface area contributed by atoms with Crippen molar-refractivity contribution in [1.82, 2.24) is 10.3 Å². The summed E-state index contributed by atoms with van der Waals surface area (Å²) in [4.78, 5) is 4.04. The normalized spacial score (nSPS) is 10.5. The predicted octanol–water partition coefficient (Wildman–Crippen LogP) is 3.78. The van der Waals surface area contributed by atoms with Crippen LogP contribution in [0.1, 0.15) is 12.5 Å². The summed E-state index contributed by atoms with van der Waals surface area (Å²) in [6.07, 6.45) is 3.30. The summed E-state index contributed by atoms with van der Waals surface area (Å²) >= 11 is 5.72. The van der Waals surface area contributed by atoms with Gasteiger partial charge in [0.2, 0.25) is 0 Å². The van der Waals surface area contributed by atoms with Crippen molar-refractivity contribution in [3.63, 3.8) is 0 Å². The third-order valence-corrected chi connectivity index (χ3v) is 2.85. The van der Waals surface area contributed by atoms with Gasteiger partial charge in [-0.3, -0.25) is 4.98 Å². The molecular formula is C14H14ClFN2O. The molecule has 0 spiro atoms. The molecule has 0 unspecified atom stereocenters. The Morgan fingerprint density at radius 2 is 2.16 bits per heavy atom. The standard InChI is InChI=1S/C14H14ClFN2O/c1-2-17-8-10-9-18-7-6-12(10)19-13-5-3-4-11(15)14(13)16/h3-7,9,17H,2,8H2,1H3. The maximum absolute atomic E-state index is 13.8. The van der Waals surface area contributed by atoms with Gasteiger partial charge in [0.15, 0.2) is 11.6 Å². The smallest absolute Gasteiger partial charge is 0.184 e. The van der Waals surface area contributed by atoms with Gasteiger partial charge in [-0.2, -0.15) is 0 Å². The van der Waals surface area contributed by atoms with E-state index in [1.807, 2.05) is 6.92 Å². The van der Waals surface area contributed by atoms with E-state index in [-0.39, 0.29) is 10.8 Å². The highest BCUT2D eigenvalue weighted by molar-refractivity contribution is 6.30. The van der Waals surface area contributed by atoms with Gasteiger partial charge in [0, 0.05) is 24.5 Å². The van der Waals surface area contributed by atoms with E-state index in [2.05, 4.69) is 10.3 Å². The number of nitrogens with one attached hydrogen (secondary N) is 1. The molecule has 2 aromatic rings. The first-order valence-electron chi connectivity index (χ1n) is 5.98. The quantitative estimate of drug-likeness (QED) is 0.905. The first kappa shape index (κ1) is 13.8. The summed E-state index contributed by atoms with van der Waals surface area (Å²) in [5, 5.41) is 3.22. The number of halogens is 2. The lowest BCUT2D eigenvalue weighted by Crippen LogP contribution is -2.12. The van der Waals surface area contributed by atoms with Crippen molar-refractivity contribution in [3.05, 3.63) is 53.1 Å². The highest BCUT2D eigenvalue weighted by Crippen LogP contribution is 2.30. The topological polar surface area (TPSA) is 34.2 Å². The highest BCUT2D eigenvalue weighted by atomic mass is 35.5. The number of hydrogen-bond acceptors (Lipinski definition) is 3. The fourth-order valence-corrected chi connectivity index (χ4v) is 1.75. The zero-order valence-corrected chi connectivity index (χ0v) is 11.2. The predicted molar refractivity (Wildman–Crippen MR) is 73.1 cm³/mol. The van der Waals surface area contributed by atoms with Crippen LogP contribution in [0.2, 0.25) is 5.02 Å². The molecule has 19 heavy (non-hydrogen) atoms. The minimum Gasteiger partial charge on any atom is -0.454 e. The van der Waals surface area contributed by atoms with Gasteiger partial charge in [0.05, 0.1) is 5.02 Å². The molecule has 0 bridgehead atoms. The van der Waals surface area contributed by atoms with E-state index in [1.54, 1.807) is 30.6 Å². The monoisotopic (exact) mass is 280 g/mol. The molecule has 0 fully saturated rings. The summed E-state index contributed by atoms with van der Waals surface area (Å²) in [6, 6.07) is 6.37. The van der Waals surface area contributed by atoms with Gasteiger partial charge in [-0.05, 0) is 24.7 Å². The Balaban J connectivity index is 2.25. The van der Waals surface area contributed by atoms with Crippen LogP contribution in [-0.2, 0) is 6.54 Å². The van der Waals surface area contributed by atoms with Crippen molar-refractivity contribution in [1.29, 1.82) is 0 Å². The number of rotatable bonds is 5. The molecule has 1 heterocycles. The van der Waals surface area contributed by atoms with Crippen molar-refractivity contribution in [2.45, 2.75) is 13.5 Å². The van der Waals surface area contributed by atoms with Crippen molar-refractivity contribution < 1.29 is 9.13 Å². The average Bonchev–Trinajstić information content (AvgIpc) is 2.43. The molecule has 1 aromatic carbocycles. The lowest BCUT2D eigenvalue weighted by atomic mass is 10.2. The van der Waals surface area contributed by atoms with Gasteiger partial charge in [-0.1, -0.05) is 24.6 Å². The molecule has 0 aliphatic heterocycles. The SMILES string of the molecule is CCNCc1cnccc1Oc1cccc(Cl)c1F. The Kier molecular flexibility index (Phi) is 4.71. The Bertz CT molecular complexity index is 563. The van der Waals surface area contributed by atoms with Gasteiger partial charge in [0.1, 0.15) is 5.75 Å². The highest BCUT2D eigenvalue weighted by Gasteiger charge is 2.10. The van der Waals surface area contributed by atoms with Gasteiger partial charge in [0.25, 0.3) is 0 Å². The molecule has 0 aliphatic carbocycles. The first-order valence-corrected chi connectivity index (χ1v) is 6.35. The molecule has 5 heteroatoms. The molecule has 1 aromatic heterocycles. The van der Waals surface area contributed by atoms with Crippen LogP contribution in [0.5, 0.6) is 11.5 Å².